The van der Waals surface area contributed by atoms with Crippen LogP contribution in [0, 0.1) is 29.6 Å². The van der Waals surface area contributed by atoms with Gasteiger partial charge in [0.15, 0.2) is 0 Å². The highest BCUT2D eigenvalue weighted by atomic mass is 16.5. The molecule has 0 spiro atoms. The molecule has 0 aliphatic carbocycles. The monoisotopic (exact) mass is 510 g/mol. The molecule has 4 heteroatoms. The number of unbranched alkanes of at least 4 members (excludes halogenated alkanes) is 3. The van der Waals surface area contributed by atoms with Crippen LogP contribution in [-0.2, 0) is 19.1 Å². The highest BCUT2D eigenvalue weighted by Gasteiger charge is 2.18. The largest absolute Gasteiger partial charge is 0.469 e. The molecule has 0 aromatic rings. The van der Waals surface area contributed by atoms with Crippen LogP contribution >= 0.6 is 0 Å². The van der Waals surface area contributed by atoms with Crippen LogP contribution in [0.15, 0.2) is 0 Å². The fourth-order valence-corrected chi connectivity index (χ4v) is 5.44. The maximum atomic E-state index is 11.4. The summed E-state index contributed by atoms with van der Waals surface area (Å²) in [5, 5.41) is 0. The van der Waals surface area contributed by atoms with E-state index in [0.29, 0.717) is 24.7 Å². The normalized spacial score (nSPS) is 14.1. The Balaban J connectivity index is 4.21. The Morgan fingerprint density at radius 3 is 1.31 bits per heavy atom. The first kappa shape index (κ1) is 34.9. The van der Waals surface area contributed by atoms with E-state index in [1.165, 1.54) is 91.3 Å². The van der Waals surface area contributed by atoms with Crippen molar-refractivity contribution in [3.8, 4) is 0 Å². The first-order chi connectivity index (χ1) is 17.2. The average Bonchev–Trinajstić information content (AvgIpc) is 2.84. The molecule has 4 nitrogen and oxygen atoms in total. The minimum Gasteiger partial charge on any atom is -0.469 e. The minimum absolute atomic E-state index is 0.104. The van der Waals surface area contributed by atoms with Crippen LogP contribution in [0.4, 0.5) is 0 Å². The Bertz CT molecular complexity index is 506. The highest BCUT2D eigenvalue weighted by molar-refractivity contribution is 5.69. The van der Waals surface area contributed by atoms with Gasteiger partial charge < -0.3 is 9.47 Å². The second-order valence-corrected chi connectivity index (χ2v) is 12.1. The molecule has 0 bridgehead atoms. The lowest BCUT2D eigenvalue weighted by molar-refractivity contribution is -0.141. The molecule has 0 aliphatic heterocycles. The molecule has 3 unspecified atom stereocenters. The van der Waals surface area contributed by atoms with Gasteiger partial charge in [-0.05, 0) is 42.4 Å². The average molecular weight is 511 g/mol. The number of carbonyl (C=O) groups excluding carboxylic acids is 2. The summed E-state index contributed by atoms with van der Waals surface area (Å²) in [6.45, 7) is 11.9. The van der Waals surface area contributed by atoms with Gasteiger partial charge in [0.05, 0.1) is 14.2 Å². The molecule has 0 aromatic carbocycles. The summed E-state index contributed by atoms with van der Waals surface area (Å²) < 4.78 is 9.56. The van der Waals surface area contributed by atoms with Gasteiger partial charge in [0.2, 0.25) is 0 Å². The number of methoxy groups -OCH3 is 2. The zero-order valence-electron chi connectivity index (χ0n) is 25.2. The SMILES string of the molecule is COC(=O)CCCCC(CCCCC(=O)OC)C(C)CCCC(C)CCCCC(C)CCCC(C)C. The summed E-state index contributed by atoms with van der Waals surface area (Å²) in [5.74, 6) is 3.71. The van der Waals surface area contributed by atoms with Gasteiger partial charge in [0, 0.05) is 12.8 Å². The molecule has 0 aromatic heterocycles. The van der Waals surface area contributed by atoms with Crippen molar-refractivity contribution >= 4 is 11.9 Å². The lowest BCUT2D eigenvalue weighted by atomic mass is 9.81. The molecule has 0 heterocycles. The van der Waals surface area contributed by atoms with Crippen molar-refractivity contribution in [2.24, 2.45) is 29.6 Å². The van der Waals surface area contributed by atoms with Crippen LogP contribution in [0.3, 0.4) is 0 Å². The summed E-state index contributed by atoms with van der Waals surface area (Å²) in [6, 6.07) is 0. The maximum absolute atomic E-state index is 11.4. The zero-order valence-corrected chi connectivity index (χ0v) is 25.2. The lowest BCUT2D eigenvalue weighted by Gasteiger charge is -2.25. The van der Waals surface area contributed by atoms with Gasteiger partial charge in [-0.25, -0.2) is 0 Å². The minimum atomic E-state index is -0.104. The zero-order chi connectivity index (χ0) is 27.2. The molecule has 0 radical (unpaired) electrons. The van der Waals surface area contributed by atoms with Crippen molar-refractivity contribution < 1.29 is 19.1 Å². The molecule has 0 N–H and O–H groups in total. The van der Waals surface area contributed by atoms with Gasteiger partial charge in [-0.2, -0.15) is 0 Å². The summed E-state index contributed by atoms with van der Waals surface area (Å²) in [6.07, 6.45) is 21.0. The van der Waals surface area contributed by atoms with Crippen molar-refractivity contribution in [3.63, 3.8) is 0 Å². The first-order valence-corrected chi connectivity index (χ1v) is 15.3. The van der Waals surface area contributed by atoms with E-state index in [-0.39, 0.29) is 11.9 Å². The standard InChI is InChI=1S/C32H62O4/c1-26(2)16-14-19-27(3)17-8-9-18-28(4)20-15-21-29(5)30(22-10-12-24-31(33)35-6)23-11-13-25-32(34)36-7/h26-30H,8-25H2,1-7H3. The first-order valence-electron chi connectivity index (χ1n) is 15.3. The van der Waals surface area contributed by atoms with Gasteiger partial charge in [-0.1, -0.05) is 125 Å². The molecule has 0 rings (SSSR count). The summed E-state index contributed by atoms with van der Waals surface area (Å²) in [4.78, 5) is 22.8. The van der Waals surface area contributed by atoms with E-state index in [4.69, 9.17) is 9.47 Å². The summed E-state index contributed by atoms with van der Waals surface area (Å²) in [7, 11) is 2.93. The van der Waals surface area contributed by atoms with Gasteiger partial charge in [-0.3, -0.25) is 9.59 Å². The van der Waals surface area contributed by atoms with Gasteiger partial charge in [0.1, 0.15) is 0 Å². The van der Waals surface area contributed by atoms with E-state index in [1.54, 1.807) is 0 Å². The predicted octanol–water partition coefficient (Wildman–Crippen LogP) is 9.53. The molecule has 214 valence electrons. The van der Waals surface area contributed by atoms with Gasteiger partial charge >= 0.3 is 11.9 Å². The van der Waals surface area contributed by atoms with E-state index in [9.17, 15) is 9.59 Å². The van der Waals surface area contributed by atoms with Crippen molar-refractivity contribution in [1.82, 2.24) is 0 Å². The van der Waals surface area contributed by atoms with E-state index in [0.717, 1.165) is 43.4 Å². The number of ether oxygens (including phenoxy) is 2. The van der Waals surface area contributed by atoms with Crippen molar-refractivity contribution in [2.45, 2.75) is 150 Å². The Morgan fingerprint density at radius 2 is 0.889 bits per heavy atom. The summed E-state index contributed by atoms with van der Waals surface area (Å²) in [5.41, 5.74) is 0. The molecule has 0 saturated carbocycles. The Hall–Kier alpha value is -1.06. The second kappa shape index (κ2) is 23.1. The molecular formula is C32H62O4. The number of esters is 2. The van der Waals surface area contributed by atoms with Crippen molar-refractivity contribution in [2.75, 3.05) is 14.2 Å². The highest BCUT2D eigenvalue weighted by Crippen LogP contribution is 2.30. The molecule has 36 heavy (non-hydrogen) atoms. The van der Waals surface area contributed by atoms with E-state index < -0.39 is 0 Å². The third-order valence-corrected chi connectivity index (χ3v) is 8.15. The molecule has 0 saturated heterocycles. The van der Waals surface area contributed by atoms with Crippen LogP contribution in [0.1, 0.15) is 150 Å². The van der Waals surface area contributed by atoms with Crippen LogP contribution < -0.4 is 0 Å². The number of carbonyl (C=O) groups is 2. The second-order valence-electron chi connectivity index (χ2n) is 12.1. The molecule has 0 fully saturated rings. The predicted molar refractivity (Wildman–Crippen MR) is 153 cm³/mol. The van der Waals surface area contributed by atoms with Gasteiger partial charge in [-0.15, -0.1) is 0 Å². The molecule has 3 atom stereocenters. The van der Waals surface area contributed by atoms with Crippen LogP contribution in [0.5, 0.6) is 0 Å². The van der Waals surface area contributed by atoms with E-state index in [1.807, 2.05) is 0 Å². The quantitative estimate of drug-likeness (QED) is 0.0958. The fraction of sp³-hybridized carbons (Fsp3) is 0.938. The smallest absolute Gasteiger partial charge is 0.305 e. The fourth-order valence-electron chi connectivity index (χ4n) is 5.44. The molecular weight excluding hydrogens is 448 g/mol. The number of hydrogen-bond donors (Lipinski definition) is 0. The Kier molecular flexibility index (Phi) is 22.4. The maximum Gasteiger partial charge on any atom is 0.305 e. The summed E-state index contributed by atoms with van der Waals surface area (Å²) >= 11 is 0. The molecule has 0 amide bonds. The third kappa shape index (κ3) is 21.1. The van der Waals surface area contributed by atoms with Crippen LogP contribution in [-0.4, -0.2) is 26.2 Å². The Labute approximate surface area is 225 Å². The van der Waals surface area contributed by atoms with Gasteiger partial charge in [0.25, 0.3) is 0 Å². The van der Waals surface area contributed by atoms with E-state index in [2.05, 4.69) is 34.6 Å². The van der Waals surface area contributed by atoms with Crippen molar-refractivity contribution in [1.29, 1.82) is 0 Å². The third-order valence-electron chi connectivity index (χ3n) is 8.15. The number of hydrogen-bond acceptors (Lipinski definition) is 4. The van der Waals surface area contributed by atoms with Crippen LogP contribution in [0.2, 0.25) is 0 Å². The lowest BCUT2D eigenvalue weighted by Crippen LogP contribution is -2.13. The van der Waals surface area contributed by atoms with E-state index >= 15 is 0 Å². The topological polar surface area (TPSA) is 52.6 Å². The van der Waals surface area contributed by atoms with Crippen molar-refractivity contribution in [3.05, 3.63) is 0 Å². The molecule has 0 aliphatic rings. The number of rotatable bonds is 24. The Morgan fingerprint density at radius 1 is 0.500 bits per heavy atom. The van der Waals surface area contributed by atoms with Crippen LogP contribution in [0.25, 0.3) is 0 Å².